The predicted octanol–water partition coefficient (Wildman–Crippen LogP) is 3.67. The summed E-state index contributed by atoms with van der Waals surface area (Å²) in [6.45, 7) is 3.74. The van der Waals surface area contributed by atoms with Crippen molar-refractivity contribution in [2.24, 2.45) is 5.41 Å². The largest absolute Gasteiger partial charge is 0.380 e. The van der Waals surface area contributed by atoms with Gasteiger partial charge < -0.3 is 25.6 Å². The van der Waals surface area contributed by atoms with Crippen LogP contribution in [0.3, 0.4) is 0 Å². The number of aromatic nitrogens is 2. The number of amides is 1. The van der Waals surface area contributed by atoms with Crippen LogP contribution in [0.15, 0.2) is 47.3 Å². The summed E-state index contributed by atoms with van der Waals surface area (Å²) in [6, 6.07) is 9.63. The molecule has 0 bridgehead atoms. The molecule has 2 aliphatic heterocycles. The highest BCUT2D eigenvalue weighted by molar-refractivity contribution is 6.05. The summed E-state index contributed by atoms with van der Waals surface area (Å²) in [7, 11) is 1.89. The number of nitrogens with one attached hydrogen (secondary N) is 3. The molecule has 2 saturated heterocycles. The molecule has 11 heteroatoms. The molecule has 1 unspecified atom stereocenters. The number of carbonyl (C=O) groups excluding carboxylic acids is 1. The van der Waals surface area contributed by atoms with E-state index in [9.17, 15) is 18.4 Å². The molecule has 1 saturated carbocycles. The van der Waals surface area contributed by atoms with E-state index < -0.39 is 28.8 Å². The van der Waals surface area contributed by atoms with Gasteiger partial charge in [0.25, 0.3) is 11.5 Å². The smallest absolute Gasteiger partial charge is 0.276 e. The molecule has 3 fully saturated rings. The number of carbonyl (C=O) groups is 1. The molecule has 6 rings (SSSR count). The van der Waals surface area contributed by atoms with Crippen LogP contribution in [0.2, 0.25) is 0 Å². The molecule has 0 radical (unpaired) electrons. The second-order valence-corrected chi connectivity index (χ2v) is 10.9. The van der Waals surface area contributed by atoms with Crippen molar-refractivity contribution < 1.29 is 18.3 Å². The third kappa shape index (κ3) is 5.06. The van der Waals surface area contributed by atoms with E-state index in [0.717, 1.165) is 67.7 Å². The third-order valence-electron chi connectivity index (χ3n) is 8.07. The van der Waals surface area contributed by atoms with Crippen LogP contribution in [0.5, 0.6) is 0 Å². The van der Waals surface area contributed by atoms with E-state index in [1.165, 1.54) is 25.0 Å². The zero-order chi connectivity index (χ0) is 27.9. The predicted molar refractivity (Wildman–Crippen MR) is 148 cm³/mol. The van der Waals surface area contributed by atoms with Gasteiger partial charge in [0.05, 0.1) is 24.0 Å². The lowest BCUT2D eigenvalue weighted by atomic mass is 10.0. The summed E-state index contributed by atoms with van der Waals surface area (Å²) >= 11 is 0. The molecule has 2 aromatic carbocycles. The standard InChI is InChI=1S/C29H32F2N6O3/c1-32-15-19-22(33-18-9-14-40-16-18)5-6-23(26(19)36-13-12-29(17-36)10-11-29)34-28(39)24-7-8-25(38)37(35-24)27-20(30)3-2-4-21(27)31/h2-8,18,32-33H,9-17H2,1H3,(H,34,39). The lowest BCUT2D eigenvalue weighted by Crippen LogP contribution is -2.28. The van der Waals surface area contributed by atoms with Gasteiger partial charge in [-0.25, -0.2) is 8.78 Å². The molecule has 3 heterocycles. The molecule has 1 atom stereocenters. The molecule has 1 amide bonds. The first-order valence-corrected chi connectivity index (χ1v) is 13.6. The minimum absolute atomic E-state index is 0.145. The van der Waals surface area contributed by atoms with Gasteiger partial charge in [0.15, 0.2) is 11.6 Å². The van der Waals surface area contributed by atoms with Crippen LogP contribution >= 0.6 is 0 Å². The van der Waals surface area contributed by atoms with Crippen molar-refractivity contribution >= 4 is 23.0 Å². The van der Waals surface area contributed by atoms with Crippen LogP contribution < -0.4 is 26.4 Å². The Morgan fingerprint density at radius 2 is 1.85 bits per heavy atom. The van der Waals surface area contributed by atoms with Crippen LogP contribution in [0.4, 0.5) is 25.8 Å². The molecule has 3 N–H and O–H groups in total. The number of hydrogen-bond acceptors (Lipinski definition) is 7. The first-order chi connectivity index (χ1) is 19.4. The molecule has 1 aromatic heterocycles. The summed E-state index contributed by atoms with van der Waals surface area (Å²) in [4.78, 5) is 28.3. The fourth-order valence-corrected chi connectivity index (χ4v) is 5.74. The third-order valence-corrected chi connectivity index (χ3v) is 8.07. The van der Waals surface area contributed by atoms with Gasteiger partial charge in [-0.2, -0.15) is 9.78 Å². The maximum Gasteiger partial charge on any atom is 0.276 e. The van der Waals surface area contributed by atoms with Crippen molar-refractivity contribution in [2.75, 3.05) is 48.9 Å². The van der Waals surface area contributed by atoms with Crippen molar-refractivity contribution in [1.29, 1.82) is 0 Å². The maximum atomic E-state index is 14.4. The number of ether oxygens (including phenoxy) is 1. The van der Waals surface area contributed by atoms with Crippen LogP contribution in [0.25, 0.3) is 5.69 Å². The van der Waals surface area contributed by atoms with E-state index in [1.54, 1.807) is 0 Å². The fraction of sp³-hybridized carbons (Fsp3) is 0.414. The number of para-hydroxylation sites is 1. The second-order valence-electron chi connectivity index (χ2n) is 10.9. The normalized spacial score (nSPS) is 19.3. The molecule has 210 valence electrons. The highest BCUT2D eigenvalue weighted by Gasteiger charge is 2.48. The maximum absolute atomic E-state index is 14.4. The molecular weight excluding hydrogens is 518 g/mol. The number of halogens is 2. The van der Waals surface area contributed by atoms with Gasteiger partial charge in [0.2, 0.25) is 0 Å². The molecular formula is C29H32F2N6O3. The molecule has 3 aliphatic rings. The Hall–Kier alpha value is -3.83. The van der Waals surface area contributed by atoms with Gasteiger partial charge in [0, 0.05) is 43.6 Å². The quantitative estimate of drug-likeness (QED) is 0.394. The first kappa shape index (κ1) is 26.4. The molecule has 1 aliphatic carbocycles. The zero-order valence-corrected chi connectivity index (χ0v) is 22.3. The average Bonchev–Trinajstić information content (AvgIpc) is 3.28. The fourth-order valence-electron chi connectivity index (χ4n) is 5.74. The van der Waals surface area contributed by atoms with Gasteiger partial charge in [-0.1, -0.05) is 6.07 Å². The van der Waals surface area contributed by atoms with Gasteiger partial charge in [-0.05, 0) is 68.5 Å². The highest BCUT2D eigenvalue weighted by Crippen LogP contribution is 2.54. The van der Waals surface area contributed by atoms with Crippen molar-refractivity contribution in [1.82, 2.24) is 15.1 Å². The van der Waals surface area contributed by atoms with E-state index >= 15 is 0 Å². The molecule has 3 aromatic rings. The van der Waals surface area contributed by atoms with E-state index in [-0.39, 0.29) is 11.7 Å². The van der Waals surface area contributed by atoms with E-state index in [1.807, 2.05) is 19.2 Å². The topological polar surface area (TPSA) is 101 Å². The van der Waals surface area contributed by atoms with Crippen LogP contribution in [0.1, 0.15) is 41.7 Å². The Bertz CT molecular complexity index is 1480. The van der Waals surface area contributed by atoms with Gasteiger partial charge in [0.1, 0.15) is 11.4 Å². The number of nitrogens with zero attached hydrogens (tertiary/aromatic N) is 3. The van der Waals surface area contributed by atoms with Crippen LogP contribution in [0, 0.1) is 17.0 Å². The van der Waals surface area contributed by atoms with E-state index in [0.29, 0.717) is 28.9 Å². The van der Waals surface area contributed by atoms with Crippen molar-refractivity contribution in [3.05, 3.63) is 75.7 Å². The van der Waals surface area contributed by atoms with Crippen molar-refractivity contribution in [3.8, 4) is 5.69 Å². The average molecular weight is 551 g/mol. The minimum atomic E-state index is -0.954. The molecule has 9 nitrogen and oxygen atoms in total. The van der Waals surface area contributed by atoms with Crippen LogP contribution in [-0.4, -0.2) is 55.1 Å². The summed E-state index contributed by atoms with van der Waals surface area (Å²) in [5.74, 6) is -2.50. The lowest BCUT2D eigenvalue weighted by Gasteiger charge is -2.28. The first-order valence-electron chi connectivity index (χ1n) is 13.6. The van der Waals surface area contributed by atoms with Crippen molar-refractivity contribution in [3.63, 3.8) is 0 Å². The van der Waals surface area contributed by atoms with Crippen LogP contribution in [-0.2, 0) is 11.3 Å². The zero-order valence-electron chi connectivity index (χ0n) is 22.3. The van der Waals surface area contributed by atoms with Gasteiger partial charge in [-0.15, -0.1) is 0 Å². The lowest BCUT2D eigenvalue weighted by molar-refractivity contribution is 0.102. The SMILES string of the molecule is CNCc1c(NC2CCOC2)ccc(NC(=O)c2ccc(=O)n(-c3c(F)cccc3F)n2)c1N1CCC2(CC2)C1. The van der Waals surface area contributed by atoms with Gasteiger partial charge in [-0.3, -0.25) is 9.59 Å². The number of rotatable bonds is 8. The van der Waals surface area contributed by atoms with Crippen molar-refractivity contribution in [2.45, 2.75) is 38.3 Å². The summed E-state index contributed by atoms with van der Waals surface area (Å²) in [5, 5.41) is 13.9. The minimum Gasteiger partial charge on any atom is -0.380 e. The summed E-state index contributed by atoms with van der Waals surface area (Å²) in [6.07, 6.45) is 4.45. The Labute approximate surface area is 230 Å². The summed E-state index contributed by atoms with van der Waals surface area (Å²) < 4.78 is 35.0. The Morgan fingerprint density at radius 3 is 2.52 bits per heavy atom. The Kier molecular flexibility index (Phi) is 7.01. The Morgan fingerprint density at radius 1 is 1.07 bits per heavy atom. The van der Waals surface area contributed by atoms with E-state index in [2.05, 4.69) is 25.9 Å². The van der Waals surface area contributed by atoms with E-state index in [4.69, 9.17) is 4.74 Å². The molecule has 1 spiro atoms. The highest BCUT2D eigenvalue weighted by atomic mass is 19.1. The second kappa shape index (κ2) is 10.6. The summed E-state index contributed by atoms with van der Waals surface area (Å²) in [5.41, 5.74) is 2.39. The number of anilines is 3. The number of benzene rings is 2. The number of hydrogen-bond donors (Lipinski definition) is 3. The van der Waals surface area contributed by atoms with Gasteiger partial charge >= 0.3 is 0 Å². The Balaban J connectivity index is 1.36. The monoisotopic (exact) mass is 550 g/mol. The molecule has 40 heavy (non-hydrogen) atoms.